The van der Waals surface area contributed by atoms with Crippen LogP contribution in [0.4, 0.5) is 10.6 Å². The molecule has 0 aliphatic carbocycles. The molecule has 98 valence electrons. The summed E-state index contributed by atoms with van der Waals surface area (Å²) >= 11 is 0. The van der Waals surface area contributed by atoms with Crippen molar-refractivity contribution in [2.75, 3.05) is 5.32 Å². The average Bonchev–Trinajstić information content (AvgIpc) is 2.76. The van der Waals surface area contributed by atoms with Crippen LogP contribution in [0.3, 0.4) is 0 Å². The number of carboxylic acid groups (broad SMARTS) is 1. The summed E-state index contributed by atoms with van der Waals surface area (Å²) in [6.07, 6.45) is 1.64. The topological polar surface area (TPSA) is 110 Å². The summed E-state index contributed by atoms with van der Waals surface area (Å²) in [5.74, 6) is 0.0249. The monoisotopic (exact) mass is 261 g/mol. The van der Waals surface area contributed by atoms with Crippen molar-refractivity contribution in [1.29, 1.82) is 0 Å². The van der Waals surface area contributed by atoms with Crippen molar-refractivity contribution in [1.82, 2.24) is 20.0 Å². The molecule has 8 heteroatoms. The molecule has 0 aliphatic heterocycles. The van der Waals surface area contributed by atoms with Crippen LogP contribution in [0, 0.1) is 0 Å². The number of pyridine rings is 1. The smallest absolute Gasteiger partial charge is 0.410 e. The number of carbonyl (C=O) groups excluding carboxylic acids is 1. The van der Waals surface area contributed by atoms with Crippen molar-refractivity contribution in [2.24, 2.45) is 0 Å². The van der Waals surface area contributed by atoms with Crippen LogP contribution in [0.1, 0.15) is 23.0 Å². The van der Waals surface area contributed by atoms with Gasteiger partial charge < -0.3 is 5.11 Å². The zero-order valence-corrected chi connectivity index (χ0v) is 10.1. The molecule has 2 aromatic rings. The molecule has 2 aromatic heterocycles. The number of anilines is 1. The van der Waals surface area contributed by atoms with Crippen LogP contribution in [0.15, 0.2) is 24.5 Å². The van der Waals surface area contributed by atoms with E-state index >= 15 is 0 Å². The number of hydrogen-bond donors (Lipinski definition) is 2. The Morgan fingerprint density at radius 1 is 1.47 bits per heavy atom. The van der Waals surface area contributed by atoms with Gasteiger partial charge in [-0.1, -0.05) is 0 Å². The summed E-state index contributed by atoms with van der Waals surface area (Å²) in [7, 11) is 0. The van der Waals surface area contributed by atoms with E-state index in [9.17, 15) is 9.59 Å². The standard InChI is InChI=1S/C11H11N5O3/c1-7(17)9-4-8(2-3-12-9)6-16-13-5-10(15-16)14-11(18)19/h2-5H,6H2,1H3,(H,14,15)(H,18,19). The second kappa shape index (κ2) is 5.25. The molecule has 0 aliphatic rings. The minimum absolute atomic E-state index is 0.122. The van der Waals surface area contributed by atoms with Crippen LogP contribution in [-0.4, -0.2) is 37.0 Å². The van der Waals surface area contributed by atoms with Crippen molar-refractivity contribution >= 4 is 17.7 Å². The first-order chi connectivity index (χ1) is 9.04. The van der Waals surface area contributed by atoms with E-state index in [0.717, 1.165) is 5.56 Å². The first-order valence-electron chi connectivity index (χ1n) is 5.40. The molecular formula is C11H11N5O3. The molecular weight excluding hydrogens is 250 g/mol. The second-order valence-corrected chi connectivity index (χ2v) is 3.80. The minimum Gasteiger partial charge on any atom is -0.465 e. The molecule has 0 spiro atoms. The Morgan fingerprint density at radius 2 is 2.26 bits per heavy atom. The van der Waals surface area contributed by atoms with Crippen LogP contribution in [-0.2, 0) is 6.54 Å². The normalized spacial score (nSPS) is 10.2. The molecule has 8 nitrogen and oxygen atoms in total. The first kappa shape index (κ1) is 12.7. The van der Waals surface area contributed by atoms with Gasteiger partial charge in [-0.15, -0.1) is 5.10 Å². The molecule has 0 aromatic carbocycles. The molecule has 0 fully saturated rings. The molecule has 0 unspecified atom stereocenters. The summed E-state index contributed by atoms with van der Waals surface area (Å²) in [5.41, 5.74) is 1.17. The van der Waals surface area contributed by atoms with Crippen LogP contribution < -0.4 is 5.32 Å². The lowest BCUT2D eigenvalue weighted by Gasteiger charge is -2.01. The number of aromatic nitrogens is 4. The van der Waals surface area contributed by atoms with Gasteiger partial charge in [0, 0.05) is 13.1 Å². The minimum atomic E-state index is -1.20. The predicted molar refractivity (Wildman–Crippen MR) is 65.0 cm³/mol. The highest BCUT2D eigenvalue weighted by Gasteiger charge is 2.06. The van der Waals surface area contributed by atoms with Crippen molar-refractivity contribution in [2.45, 2.75) is 13.5 Å². The zero-order valence-electron chi connectivity index (χ0n) is 10.1. The van der Waals surface area contributed by atoms with E-state index in [2.05, 4.69) is 20.5 Å². The first-order valence-corrected chi connectivity index (χ1v) is 5.40. The summed E-state index contributed by atoms with van der Waals surface area (Å²) in [4.78, 5) is 26.9. The van der Waals surface area contributed by atoms with Gasteiger partial charge in [-0.05, 0) is 17.7 Å². The van der Waals surface area contributed by atoms with Gasteiger partial charge in [0.2, 0.25) is 0 Å². The van der Waals surface area contributed by atoms with E-state index in [0.29, 0.717) is 12.2 Å². The van der Waals surface area contributed by atoms with Crippen molar-refractivity contribution < 1.29 is 14.7 Å². The summed E-state index contributed by atoms with van der Waals surface area (Å²) < 4.78 is 0. The van der Waals surface area contributed by atoms with Crippen molar-refractivity contribution in [3.8, 4) is 0 Å². The van der Waals surface area contributed by atoms with E-state index in [1.807, 2.05) is 0 Å². The highest BCUT2D eigenvalue weighted by Crippen LogP contribution is 2.06. The number of carbonyl (C=O) groups is 2. The number of hydrogen-bond acceptors (Lipinski definition) is 5. The van der Waals surface area contributed by atoms with Gasteiger partial charge in [-0.2, -0.15) is 9.90 Å². The van der Waals surface area contributed by atoms with E-state index in [1.54, 1.807) is 12.1 Å². The maximum Gasteiger partial charge on any atom is 0.410 e. The van der Waals surface area contributed by atoms with Gasteiger partial charge >= 0.3 is 6.09 Å². The van der Waals surface area contributed by atoms with Gasteiger partial charge in [0.25, 0.3) is 0 Å². The van der Waals surface area contributed by atoms with Gasteiger partial charge in [-0.3, -0.25) is 15.1 Å². The average molecular weight is 261 g/mol. The Balaban J connectivity index is 2.12. The van der Waals surface area contributed by atoms with Crippen molar-refractivity contribution in [3.05, 3.63) is 35.8 Å². The van der Waals surface area contributed by atoms with Crippen LogP contribution >= 0.6 is 0 Å². The third-order valence-corrected chi connectivity index (χ3v) is 2.28. The molecule has 0 saturated carbocycles. The third kappa shape index (κ3) is 3.35. The van der Waals surface area contributed by atoms with Crippen LogP contribution in [0.25, 0.3) is 0 Å². The second-order valence-electron chi connectivity index (χ2n) is 3.80. The Labute approximate surface area is 108 Å². The van der Waals surface area contributed by atoms with Crippen LogP contribution in [0.2, 0.25) is 0 Å². The number of Topliss-reactive ketones (excluding diaryl/α,β-unsaturated/α-hetero) is 1. The maximum atomic E-state index is 11.2. The molecule has 19 heavy (non-hydrogen) atoms. The van der Waals surface area contributed by atoms with E-state index in [4.69, 9.17) is 5.11 Å². The molecule has 0 bridgehead atoms. The highest BCUT2D eigenvalue weighted by atomic mass is 16.4. The van der Waals surface area contributed by atoms with E-state index in [-0.39, 0.29) is 11.6 Å². The van der Waals surface area contributed by atoms with Crippen molar-refractivity contribution in [3.63, 3.8) is 0 Å². The highest BCUT2D eigenvalue weighted by molar-refractivity contribution is 5.92. The Kier molecular flexibility index (Phi) is 3.51. The fraction of sp³-hybridized carbons (Fsp3) is 0.182. The SMILES string of the molecule is CC(=O)c1cc(Cn2ncc(NC(=O)O)n2)ccn1. The van der Waals surface area contributed by atoms with E-state index in [1.165, 1.54) is 24.1 Å². The lowest BCUT2D eigenvalue weighted by Crippen LogP contribution is -2.09. The fourth-order valence-electron chi connectivity index (χ4n) is 1.47. The lowest BCUT2D eigenvalue weighted by atomic mass is 10.2. The fourth-order valence-corrected chi connectivity index (χ4v) is 1.47. The predicted octanol–water partition coefficient (Wildman–Crippen LogP) is 1.01. The van der Waals surface area contributed by atoms with Gasteiger partial charge in [-0.25, -0.2) is 4.79 Å². The number of nitrogens with one attached hydrogen (secondary N) is 1. The molecule has 0 atom stereocenters. The van der Waals surface area contributed by atoms with E-state index < -0.39 is 6.09 Å². The van der Waals surface area contributed by atoms with Gasteiger partial charge in [0.1, 0.15) is 5.69 Å². The zero-order chi connectivity index (χ0) is 13.8. The molecule has 0 saturated heterocycles. The Hall–Kier alpha value is -2.77. The number of ketones is 1. The quantitative estimate of drug-likeness (QED) is 0.795. The molecule has 2 N–H and O–H groups in total. The Morgan fingerprint density at radius 3 is 2.95 bits per heavy atom. The molecule has 0 radical (unpaired) electrons. The van der Waals surface area contributed by atoms with Crippen LogP contribution in [0.5, 0.6) is 0 Å². The summed E-state index contributed by atoms with van der Waals surface area (Å²) in [6.45, 7) is 1.76. The summed E-state index contributed by atoms with van der Waals surface area (Å²) in [5, 5.41) is 18.5. The molecule has 1 amide bonds. The number of amides is 1. The Bertz CT molecular complexity index is 622. The lowest BCUT2D eigenvalue weighted by molar-refractivity contribution is 0.101. The summed E-state index contributed by atoms with van der Waals surface area (Å²) in [6, 6.07) is 3.39. The number of nitrogens with zero attached hydrogens (tertiary/aromatic N) is 4. The maximum absolute atomic E-state index is 11.2. The molecule has 2 heterocycles. The molecule has 2 rings (SSSR count). The third-order valence-electron chi connectivity index (χ3n) is 2.28. The number of rotatable bonds is 4. The van der Waals surface area contributed by atoms with Gasteiger partial charge in [0.05, 0.1) is 12.7 Å². The van der Waals surface area contributed by atoms with Gasteiger partial charge in [0.15, 0.2) is 11.6 Å². The largest absolute Gasteiger partial charge is 0.465 e.